The molecule has 182 valence electrons. The van der Waals surface area contributed by atoms with Crippen molar-refractivity contribution in [3.8, 4) is 17.2 Å². The van der Waals surface area contributed by atoms with Crippen molar-refractivity contribution in [2.24, 2.45) is 0 Å². The Morgan fingerprint density at radius 3 is 2.42 bits per heavy atom. The van der Waals surface area contributed by atoms with Gasteiger partial charge in [0, 0.05) is 17.7 Å². The van der Waals surface area contributed by atoms with E-state index in [0.717, 1.165) is 24.2 Å². The van der Waals surface area contributed by atoms with E-state index in [1.54, 1.807) is 0 Å². The van der Waals surface area contributed by atoms with Crippen LogP contribution < -0.4 is 20.5 Å². The maximum atomic E-state index is 8.81. The van der Waals surface area contributed by atoms with Crippen LogP contribution in [0.4, 0.5) is 11.6 Å². The lowest BCUT2D eigenvalue weighted by Gasteiger charge is -2.17. The van der Waals surface area contributed by atoms with Gasteiger partial charge < -0.3 is 20.5 Å². The van der Waals surface area contributed by atoms with E-state index >= 15 is 0 Å². The van der Waals surface area contributed by atoms with Crippen molar-refractivity contribution in [3.05, 3.63) is 102 Å². The van der Waals surface area contributed by atoms with Crippen LogP contribution in [0.3, 0.4) is 0 Å². The molecule has 0 unspecified atom stereocenters. The number of aromatic nitrogens is 2. The summed E-state index contributed by atoms with van der Waals surface area (Å²) < 4.78 is 11.9. The van der Waals surface area contributed by atoms with Crippen molar-refractivity contribution in [3.63, 3.8) is 0 Å². The van der Waals surface area contributed by atoms with Gasteiger partial charge in [0.1, 0.15) is 41.8 Å². The maximum Gasteiger partial charge on any atom is 0.141 e. The van der Waals surface area contributed by atoms with Crippen molar-refractivity contribution < 1.29 is 9.47 Å². The number of benzene rings is 3. The van der Waals surface area contributed by atoms with Crippen LogP contribution in [-0.2, 0) is 6.61 Å². The van der Waals surface area contributed by atoms with Gasteiger partial charge in [0.2, 0.25) is 0 Å². The van der Waals surface area contributed by atoms with E-state index in [-0.39, 0.29) is 5.71 Å². The molecule has 4 N–H and O–H groups in total. The van der Waals surface area contributed by atoms with E-state index in [0.29, 0.717) is 46.9 Å². The molecule has 0 radical (unpaired) electrons. The summed E-state index contributed by atoms with van der Waals surface area (Å²) in [6, 6.07) is 25.3. The third-order valence-electron chi connectivity index (χ3n) is 6.26. The summed E-state index contributed by atoms with van der Waals surface area (Å²) in [4.78, 5) is 8.51. The lowest BCUT2D eigenvalue weighted by atomic mass is 10.0. The summed E-state index contributed by atoms with van der Waals surface area (Å²) in [7, 11) is 0. The number of nitrogen functional groups attached to an aromatic ring is 1. The quantitative estimate of drug-likeness (QED) is 0.247. The topological polar surface area (TPSA) is 106 Å². The molecule has 5 rings (SSSR count). The fourth-order valence-electron chi connectivity index (χ4n) is 4.36. The highest BCUT2D eigenvalue weighted by atomic mass is 16.5. The monoisotopic (exact) mass is 479 g/mol. The number of nitrogens with one attached hydrogen (secondary N) is 2. The Labute approximate surface area is 210 Å². The smallest absolute Gasteiger partial charge is 0.141 e. The Balaban J connectivity index is 1.26. The van der Waals surface area contributed by atoms with Gasteiger partial charge in [0.05, 0.1) is 11.3 Å². The molecule has 7 heteroatoms. The number of hydrogen-bond acceptors (Lipinski definition) is 7. The zero-order valence-electron chi connectivity index (χ0n) is 20.0. The van der Waals surface area contributed by atoms with Crippen molar-refractivity contribution in [1.29, 1.82) is 5.41 Å². The molecule has 1 aliphatic carbocycles. The van der Waals surface area contributed by atoms with Crippen molar-refractivity contribution in [1.82, 2.24) is 9.97 Å². The van der Waals surface area contributed by atoms with Gasteiger partial charge in [-0.05, 0) is 54.8 Å². The Morgan fingerprint density at radius 2 is 1.64 bits per heavy atom. The average molecular weight is 480 g/mol. The molecule has 0 amide bonds. The molecule has 1 fully saturated rings. The summed E-state index contributed by atoms with van der Waals surface area (Å²) >= 11 is 0. The molecule has 36 heavy (non-hydrogen) atoms. The molecule has 0 bridgehead atoms. The Bertz CT molecular complexity index is 1320. The molecule has 3 aromatic carbocycles. The van der Waals surface area contributed by atoms with Gasteiger partial charge in [0.25, 0.3) is 0 Å². The minimum Gasteiger partial charge on any atom is -0.489 e. The number of ether oxygens (including phenoxy) is 2. The predicted octanol–water partition coefficient (Wildman–Crippen LogP) is 6.20. The van der Waals surface area contributed by atoms with Gasteiger partial charge in [-0.2, -0.15) is 0 Å². The fraction of sp³-hybridized carbons (Fsp3) is 0.207. The second-order valence-corrected chi connectivity index (χ2v) is 8.86. The number of hydrogen-bond donors (Lipinski definition) is 3. The van der Waals surface area contributed by atoms with E-state index in [9.17, 15) is 0 Å². The van der Waals surface area contributed by atoms with Crippen LogP contribution in [0.15, 0.2) is 85.2 Å². The fourth-order valence-corrected chi connectivity index (χ4v) is 4.36. The SMILES string of the molecule is N=C(c1ccc(Oc2cccc(OCc3ccccc3)c2)cc1)c1c(N)ncnc1NC1CCCC1. The maximum absolute atomic E-state index is 8.81. The number of nitrogens with two attached hydrogens (primary N) is 1. The third kappa shape index (κ3) is 5.63. The molecule has 4 aromatic rings. The molecule has 1 aromatic heterocycles. The Kier molecular flexibility index (Phi) is 7.07. The molecular formula is C29H29N5O2. The standard InChI is InChI=1S/C29H29N5O2/c30-27(26-28(31)32-19-33-29(26)34-22-9-4-5-10-22)21-13-15-23(16-14-21)36-25-12-6-11-24(17-25)35-18-20-7-2-1-3-8-20/h1-3,6-8,11-17,19,22,30H,4-5,9-10,18H2,(H3,31,32,33,34). The average Bonchev–Trinajstić information content (AvgIpc) is 3.42. The normalized spacial score (nSPS) is 13.3. The zero-order chi connectivity index (χ0) is 24.7. The molecule has 1 saturated carbocycles. The summed E-state index contributed by atoms with van der Waals surface area (Å²) in [5.41, 5.74) is 8.79. The molecule has 0 aliphatic heterocycles. The van der Waals surface area contributed by atoms with E-state index in [4.69, 9.17) is 20.6 Å². The van der Waals surface area contributed by atoms with E-state index in [2.05, 4.69) is 15.3 Å². The summed E-state index contributed by atoms with van der Waals surface area (Å²) in [5, 5.41) is 12.3. The first-order valence-corrected chi connectivity index (χ1v) is 12.2. The highest BCUT2D eigenvalue weighted by molar-refractivity contribution is 6.16. The summed E-state index contributed by atoms with van der Waals surface area (Å²) in [6.07, 6.45) is 6.05. The van der Waals surface area contributed by atoms with E-state index in [1.165, 1.54) is 19.2 Å². The van der Waals surface area contributed by atoms with Crippen LogP contribution >= 0.6 is 0 Å². The van der Waals surface area contributed by atoms with Crippen LogP contribution in [0.5, 0.6) is 17.2 Å². The van der Waals surface area contributed by atoms with Gasteiger partial charge in [-0.15, -0.1) is 0 Å². The van der Waals surface area contributed by atoms with Crippen molar-refractivity contribution in [2.45, 2.75) is 38.3 Å². The first-order valence-electron chi connectivity index (χ1n) is 12.2. The predicted molar refractivity (Wildman–Crippen MR) is 142 cm³/mol. The highest BCUT2D eigenvalue weighted by Gasteiger charge is 2.21. The summed E-state index contributed by atoms with van der Waals surface area (Å²) in [5.74, 6) is 2.98. The zero-order valence-corrected chi connectivity index (χ0v) is 20.0. The third-order valence-corrected chi connectivity index (χ3v) is 6.26. The van der Waals surface area contributed by atoms with Gasteiger partial charge in [-0.1, -0.05) is 49.2 Å². The lowest BCUT2D eigenvalue weighted by molar-refractivity contribution is 0.304. The van der Waals surface area contributed by atoms with Crippen LogP contribution in [0.1, 0.15) is 42.4 Å². The largest absolute Gasteiger partial charge is 0.489 e. The molecule has 0 saturated heterocycles. The minimum atomic E-state index is 0.274. The highest BCUT2D eigenvalue weighted by Crippen LogP contribution is 2.29. The van der Waals surface area contributed by atoms with Crippen LogP contribution in [-0.4, -0.2) is 21.7 Å². The Morgan fingerprint density at radius 1 is 0.889 bits per heavy atom. The van der Waals surface area contributed by atoms with E-state index < -0.39 is 0 Å². The number of anilines is 2. The van der Waals surface area contributed by atoms with Crippen LogP contribution in [0.2, 0.25) is 0 Å². The van der Waals surface area contributed by atoms with Crippen molar-refractivity contribution in [2.75, 3.05) is 11.1 Å². The van der Waals surface area contributed by atoms with Gasteiger partial charge >= 0.3 is 0 Å². The van der Waals surface area contributed by atoms with Crippen molar-refractivity contribution >= 4 is 17.3 Å². The van der Waals surface area contributed by atoms with Crippen LogP contribution in [0, 0.1) is 5.41 Å². The molecule has 1 aliphatic rings. The van der Waals surface area contributed by atoms with Gasteiger partial charge in [-0.3, -0.25) is 5.41 Å². The van der Waals surface area contributed by atoms with E-state index in [1.807, 2.05) is 78.9 Å². The first kappa shape index (κ1) is 23.4. The molecule has 0 atom stereocenters. The van der Waals surface area contributed by atoms with Gasteiger partial charge in [0.15, 0.2) is 0 Å². The molecule has 7 nitrogen and oxygen atoms in total. The number of rotatable bonds is 9. The second-order valence-electron chi connectivity index (χ2n) is 8.86. The summed E-state index contributed by atoms with van der Waals surface area (Å²) in [6.45, 7) is 0.491. The molecule has 1 heterocycles. The lowest BCUT2D eigenvalue weighted by Crippen LogP contribution is -2.20. The number of nitrogens with zero attached hydrogens (tertiary/aromatic N) is 2. The minimum absolute atomic E-state index is 0.274. The Hall–Kier alpha value is -4.39. The first-order chi connectivity index (χ1) is 17.7. The molecular weight excluding hydrogens is 450 g/mol. The second kappa shape index (κ2) is 10.9. The van der Waals surface area contributed by atoms with Gasteiger partial charge in [-0.25, -0.2) is 9.97 Å². The molecule has 0 spiro atoms. The van der Waals surface area contributed by atoms with Crippen LogP contribution in [0.25, 0.3) is 0 Å².